The van der Waals surface area contributed by atoms with Crippen molar-refractivity contribution in [2.45, 2.75) is 45.1 Å². The zero-order valence-corrected chi connectivity index (χ0v) is 10.3. The van der Waals surface area contributed by atoms with E-state index in [1.165, 1.54) is 30.6 Å². The van der Waals surface area contributed by atoms with E-state index in [-0.39, 0.29) is 5.54 Å². The molecule has 1 aromatic heterocycles. The Balaban J connectivity index is 2.00. The highest BCUT2D eigenvalue weighted by Gasteiger charge is 2.44. The Morgan fingerprint density at radius 3 is 2.81 bits per heavy atom. The minimum absolute atomic E-state index is 0.147. The van der Waals surface area contributed by atoms with Crippen LogP contribution in [-0.4, -0.2) is 6.54 Å². The Bertz CT molecular complexity index is 372. The minimum Gasteiger partial charge on any atom is -0.467 e. The van der Waals surface area contributed by atoms with E-state index in [9.17, 15) is 0 Å². The van der Waals surface area contributed by atoms with Crippen LogP contribution in [0.15, 0.2) is 16.7 Å². The molecule has 2 atom stereocenters. The number of hydrogen-bond donors (Lipinski definition) is 1. The highest BCUT2D eigenvalue weighted by Crippen LogP contribution is 2.45. The van der Waals surface area contributed by atoms with Gasteiger partial charge in [-0.3, -0.25) is 0 Å². The van der Waals surface area contributed by atoms with E-state index < -0.39 is 0 Å². The third-order valence-corrected chi connectivity index (χ3v) is 4.24. The fourth-order valence-electron chi connectivity index (χ4n) is 3.93. The molecule has 1 fully saturated rings. The molecule has 16 heavy (non-hydrogen) atoms. The maximum absolute atomic E-state index is 5.78. The van der Waals surface area contributed by atoms with E-state index in [1.807, 2.05) is 6.26 Å². The van der Waals surface area contributed by atoms with Gasteiger partial charge in [0.05, 0.1) is 11.8 Å². The van der Waals surface area contributed by atoms with Crippen molar-refractivity contribution in [2.75, 3.05) is 6.54 Å². The zero-order valence-electron chi connectivity index (χ0n) is 10.3. The van der Waals surface area contributed by atoms with Gasteiger partial charge in [-0.05, 0) is 49.1 Å². The Kier molecular flexibility index (Phi) is 2.36. The summed E-state index contributed by atoms with van der Waals surface area (Å²) in [7, 11) is 0. The van der Waals surface area contributed by atoms with Crippen LogP contribution in [-0.2, 0) is 12.0 Å². The van der Waals surface area contributed by atoms with Gasteiger partial charge in [-0.25, -0.2) is 0 Å². The topological polar surface area (TPSA) is 25.2 Å². The Morgan fingerprint density at radius 1 is 1.31 bits per heavy atom. The lowest BCUT2D eigenvalue weighted by atomic mass is 9.68. The molecule has 0 bridgehead atoms. The second-order valence-corrected chi connectivity index (χ2v) is 5.89. The highest BCUT2D eigenvalue weighted by molar-refractivity contribution is 5.29. The summed E-state index contributed by atoms with van der Waals surface area (Å²) < 4.78 is 5.78. The van der Waals surface area contributed by atoms with Crippen LogP contribution in [0.1, 0.15) is 44.4 Å². The molecule has 3 rings (SSSR count). The van der Waals surface area contributed by atoms with Gasteiger partial charge in [0.25, 0.3) is 0 Å². The van der Waals surface area contributed by atoms with Crippen LogP contribution in [0, 0.1) is 11.8 Å². The molecular formula is C14H21NO. The molecule has 2 nitrogen and oxygen atoms in total. The fraction of sp³-hybridized carbons (Fsp3) is 0.714. The lowest BCUT2D eigenvalue weighted by Gasteiger charge is -2.44. The predicted molar refractivity (Wildman–Crippen MR) is 64.3 cm³/mol. The lowest BCUT2D eigenvalue weighted by Crippen LogP contribution is -2.51. The van der Waals surface area contributed by atoms with E-state index >= 15 is 0 Å². The van der Waals surface area contributed by atoms with Crippen LogP contribution in [0.25, 0.3) is 0 Å². The highest BCUT2D eigenvalue weighted by atomic mass is 16.3. The van der Waals surface area contributed by atoms with Crippen molar-refractivity contribution in [3.8, 4) is 0 Å². The molecular weight excluding hydrogens is 198 g/mol. The van der Waals surface area contributed by atoms with Crippen molar-refractivity contribution in [3.63, 3.8) is 0 Å². The van der Waals surface area contributed by atoms with Crippen LogP contribution >= 0.6 is 0 Å². The fourth-order valence-corrected chi connectivity index (χ4v) is 3.93. The van der Waals surface area contributed by atoms with E-state index in [2.05, 4.69) is 25.2 Å². The summed E-state index contributed by atoms with van der Waals surface area (Å²) in [6, 6.07) is 2.15. The SMILES string of the molecule is CC1CC(C)CC2(C1)NCCc1ccoc12. The maximum Gasteiger partial charge on any atom is 0.127 e. The van der Waals surface area contributed by atoms with Gasteiger partial charge in [-0.1, -0.05) is 13.8 Å². The molecule has 1 aliphatic heterocycles. The van der Waals surface area contributed by atoms with E-state index in [4.69, 9.17) is 4.42 Å². The Hall–Kier alpha value is -0.760. The molecule has 0 aromatic carbocycles. The molecule has 1 N–H and O–H groups in total. The first-order chi connectivity index (χ1) is 7.70. The average molecular weight is 219 g/mol. The van der Waals surface area contributed by atoms with Gasteiger partial charge in [0.1, 0.15) is 5.76 Å². The molecule has 2 heterocycles. The third-order valence-electron chi connectivity index (χ3n) is 4.24. The van der Waals surface area contributed by atoms with Crippen LogP contribution in [0.5, 0.6) is 0 Å². The molecule has 2 aliphatic rings. The second-order valence-electron chi connectivity index (χ2n) is 5.89. The monoisotopic (exact) mass is 219 g/mol. The Morgan fingerprint density at radius 2 is 2.06 bits per heavy atom. The molecule has 88 valence electrons. The van der Waals surface area contributed by atoms with E-state index in [0.29, 0.717) is 0 Å². The molecule has 1 aromatic rings. The summed E-state index contributed by atoms with van der Waals surface area (Å²) in [5.74, 6) is 2.83. The van der Waals surface area contributed by atoms with Gasteiger partial charge in [0.15, 0.2) is 0 Å². The number of nitrogens with one attached hydrogen (secondary N) is 1. The smallest absolute Gasteiger partial charge is 0.127 e. The molecule has 1 aliphatic carbocycles. The third kappa shape index (κ3) is 1.51. The second kappa shape index (κ2) is 3.63. The summed E-state index contributed by atoms with van der Waals surface area (Å²) in [6.07, 6.45) is 6.81. The molecule has 0 radical (unpaired) electrons. The molecule has 2 heteroatoms. The average Bonchev–Trinajstić information content (AvgIpc) is 2.65. The summed E-state index contributed by atoms with van der Waals surface area (Å²) in [6.45, 7) is 5.85. The van der Waals surface area contributed by atoms with Crippen LogP contribution in [0.2, 0.25) is 0 Å². The van der Waals surface area contributed by atoms with Crippen molar-refractivity contribution < 1.29 is 4.42 Å². The number of furan rings is 1. The first kappa shape index (κ1) is 10.4. The minimum atomic E-state index is 0.147. The summed E-state index contributed by atoms with van der Waals surface area (Å²) >= 11 is 0. The van der Waals surface area contributed by atoms with Gasteiger partial charge in [-0.2, -0.15) is 0 Å². The quantitative estimate of drug-likeness (QED) is 0.725. The van der Waals surface area contributed by atoms with Crippen LogP contribution in [0.3, 0.4) is 0 Å². The van der Waals surface area contributed by atoms with Crippen LogP contribution in [0.4, 0.5) is 0 Å². The lowest BCUT2D eigenvalue weighted by molar-refractivity contribution is 0.112. The number of hydrogen-bond acceptors (Lipinski definition) is 2. The first-order valence-corrected chi connectivity index (χ1v) is 6.51. The molecule has 1 spiro atoms. The number of fused-ring (bicyclic) bond motifs is 2. The van der Waals surface area contributed by atoms with Gasteiger partial charge in [-0.15, -0.1) is 0 Å². The number of rotatable bonds is 0. The largest absolute Gasteiger partial charge is 0.467 e. The van der Waals surface area contributed by atoms with E-state index in [1.54, 1.807) is 0 Å². The van der Waals surface area contributed by atoms with Gasteiger partial charge in [0.2, 0.25) is 0 Å². The van der Waals surface area contributed by atoms with Gasteiger partial charge >= 0.3 is 0 Å². The zero-order chi connectivity index (χ0) is 11.2. The van der Waals surface area contributed by atoms with Crippen molar-refractivity contribution in [3.05, 3.63) is 23.7 Å². The van der Waals surface area contributed by atoms with Crippen molar-refractivity contribution in [2.24, 2.45) is 11.8 Å². The van der Waals surface area contributed by atoms with Crippen LogP contribution < -0.4 is 5.32 Å². The predicted octanol–water partition coefficient (Wildman–Crippen LogP) is 3.08. The molecule has 0 amide bonds. The van der Waals surface area contributed by atoms with E-state index in [0.717, 1.165) is 24.8 Å². The molecule has 2 unspecified atom stereocenters. The molecule has 1 saturated carbocycles. The first-order valence-electron chi connectivity index (χ1n) is 6.51. The summed E-state index contributed by atoms with van der Waals surface area (Å²) in [4.78, 5) is 0. The van der Waals surface area contributed by atoms with Crippen molar-refractivity contribution in [1.82, 2.24) is 5.32 Å². The standard InChI is InChI=1S/C14H21NO/c1-10-7-11(2)9-14(8-10)13-12(3-5-15-14)4-6-16-13/h4,6,10-11,15H,3,5,7-9H2,1-2H3. The van der Waals surface area contributed by atoms with Crippen molar-refractivity contribution in [1.29, 1.82) is 0 Å². The van der Waals surface area contributed by atoms with Gasteiger partial charge < -0.3 is 9.73 Å². The summed E-state index contributed by atoms with van der Waals surface area (Å²) in [5.41, 5.74) is 1.58. The van der Waals surface area contributed by atoms with Gasteiger partial charge in [0, 0.05) is 6.54 Å². The normalized spacial score (nSPS) is 38.6. The summed E-state index contributed by atoms with van der Waals surface area (Å²) in [5, 5.41) is 3.74. The molecule has 0 saturated heterocycles. The Labute approximate surface area is 97.4 Å². The van der Waals surface area contributed by atoms with Crippen molar-refractivity contribution >= 4 is 0 Å². The maximum atomic E-state index is 5.78.